The Labute approximate surface area is 173 Å². The van der Waals surface area contributed by atoms with Crippen LogP contribution in [0.25, 0.3) is 0 Å². The second kappa shape index (κ2) is 8.65. The van der Waals surface area contributed by atoms with Crippen LogP contribution in [-0.4, -0.2) is 16.7 Å². The first-order valence-electron chi connectivity index (χ1n) is 8.10. The van der Waals surface area contributed by atoms with Crippen molar-refractivity contribution in [1.82, 2.24) is 5.32 Å². The molecule has 3 rings (SSSR count). The van der Waals surface area contributed by atoms with Gasteiger partial charge in [0.1, 0.15) is 5.76 Å². The summed E-state index contributed by atoms with van der Waals surface area (Å²) < 4.78 is 5.73. The first-order valence-corrected chi connectivity index (χ1v) is 9.18. The summed E-state index contributed by atoms with van der Waals surface area (Å²) in [5, 5.41) is 16.3. The molecule has 142 valence electrons. The lowest BCUT2D eigenvalue weighted by molar-refractivity contribution is -0.384. The number of rotatable bonds is 6. The molecule has 0 saturated heterocycles. The summed E-state index contributed by atoms with van der Waals surface area (Å²) in [5.41, 5.74) is 0.533. The van der Waals surface area contributed by atoms with Gasteiger partial charge in [0.15, 0.2) is 0 Å². The van der Waals surface area contributed by atoms with E-state index in [1.807, 2.05) is 22.6 Å². The maximum absolute atomic E-state index is 12.6. The predicted molar refractivity (Wildman–Crippen MR) is 110 cm³/mol. The van der Waals surface area contributed by atoms with Gasteiger partial charge in [-0.2, -0.15) is 0 Å². The van der Waals surface area contributed by atoms with E-state index in [1.54, 1.807) is 36.4 Å². The van der Waals surface area contributed by atoms with Gasteiger partial charge in [0.25, 0.3) is 17.5 Å². The van der Waals surface area contributed by atoms with Crippen LogP contribution in [0, 0.1) is 13.7 Å². The Hall–Kier alpha value is -3.21. The molecular formula is C19H14IN3O5. The number of halogens is 1. The SMILES string of the molecule is O=C(Nc1ccccc1C(=O)NCc1ccco1)c1cc([N+](=O)[O-])ccc1I. The van der Waals surface area contributed by atoms with Crippen LogP contribution < -0.4 is 10.6 Å². The lowest BCUT2D eigenvalue weighted by Crippen LogP contribution is -2.24. The van der Waals surface area contributed by atoms with Crippen LogP contribution in [0.4, 0.5) is 11.4 Å². The van der Waals surface area contributed by atoms with Crippen LogP contribution in [0.5, 0.6) is 0 Å². The Morgan fingerprint density at radius 3 is 2.54 bits per heavy atom. The number of furan rings is 1. The second-order valence-corrected chi connectivity index (χ2v) is 6.85. The van der Waals surface area contributed by atoms with Gasteiger partial charge in [-0.05, 0) is 52.9 Å². The number of benzene rings is 2. The summed E-state index contributed by atoms with van der Waals surface area (Å²) in [4.78, 5) is 35.5. The summed E-state index contributed by atoms with van der Waals surface area (Å²) in [6, 6.07) is 14.0. The van der Waals surface area contributed by atoms with Crippen molar-refractivity contribution in [2.24, 2.45) is 0 Å². The molecular weight excluding hydrogens is 477 g/mol. The van der Waals surface area contributed by atoms with Gasteiger partial charge in [0.05, 0.1) is 34.5 Å². The maximum atomic E-state index is 12.6. The zero-order valence-corrected chi connectivity index (χ0v) is 16.5. The monoisotopic (exact) mass is 491 g/mol. The van der Waals surface area contributed by atoms with Gasteiger partial charge in [0.2, 0.25) is 0 Å². The van der Waals surface area contributed by atoms with E-state index < -0.39 is 10.8 Å². The molecule has 0 aliphatic heterocycles. The van der Waals surface area contributed by atoms with Crippen LogP contribution in [0.2, 0.25) is 0 Å². The van der Waals surface area contributed by atoms with E-state index in [0.717, 1.165) is 0 Å². The molecule has 2 N–H and O–H groups in total. The van der Waals surface area contributed by atoms with Crippen molar-refractivity contribution in [3.05, 3.63) is 91.4 Å². The van der Waals surface area contributed by atoms with Gasteiger partial charge < -0.3 is 15.1 Å². The summed E-state index contributed by atoms with van der Waals surface area (Å²) in [7, 11) is 0. The van der Waals surface area contributed by atoms with Crippen LogP contribution in [0.15, 0.2) is 65.3 Å². The van der Waals surface area contributed by atoms with Gasteiger partial charge in [-0.1, -0.05) is 12.1 Å². The molecule has 1 aromatic heterocycles. The number of anilines is 1. The minimum atomic E-state index is -0.567. The van der Waals surface area contributed by atoms with Crippen molar-refractivity contribution >= 4 is 45.8 Å². The number of hydrogen-bond acceptors (Lipinski definition) is 5. The molecule has 28 heavy (non-hydrogen) atoms. The minimum Gasteiger partial charge on any atom is -0.467 e. The average Bonchev–Trinajstić information content (AvgIpc) is 3.20. The van der Waals surface area contributed by atoms with E-state index in [0.29, 0.717) is 15.0 Å². The lowest BCUT2D eigenvalue weighted by atomic mass is 10.1. The first kappa shape index (κ1) is 19.5. The molecule has 0 aliphatic carbocycles. The van der Waals surface area contributed by atoms with Gasteiger partial charge in [0, 0.05) is 15.7 Å². The lowest BCUT2D eigenvalue weighted by Gasteiger charge is -2.12. The van der Waals surface area contributed by atoms with Gasteiger partial charge in [-0.15, -0.1) is 0 Å². The zero-order chi connectivity index (χ0) is 20.1. The third-order valence-corrected chi connectivity index (χ3v) is 4.77. The molecule has 0 spiro atoms. The normalized spacial score (nSPS) is 10.3. The average molecular weight is 491 g/mol. The largest absolute Gasteiger partial charge is 0.467 e. The van der Waals surface area contributed by atoms with Gasteiger partial charge in [-0.3, -0.25) is 19.7 Å². The van der Waals surface area contributed by atoms with E-state index in [2.05, 4.69) is 10.6 Å². The number of nitro groups is 1. The molecule has 0 radical (unpaired) electrons. The van der Waals surface area contributed by atoms with Crippen molar-refractivity contribution < 1.29 is 18.9 Å². The third-order valence-electron chi connectivity index (χ3n) is 3.83. The molecule has 0 bridgehead atoms. The van der Waals surface area contributed by atoms with E-state index in [4.69, 9.17) is 4.42 Å². The number of nitrogens with zero attached hydrogens (tertiary/aromatic N) is 1. The summed E-state index contributed by atoms with van der Waals surface area (Å²) in [5.74, 6) is -0.332. The highest BCUT2D eigenvalue weighted by molar-refractivity contribution is 14.1. The quantitative estimate of drug-likeness (QED) is 0.308. The fourth-order valence-electron chi connectivity index (χ4n) is 2.46. The fraction of sp³-hybridized carbons (Fsp3) is 0.0526. The predicted octanol–water partition coefficient (Wildman–Crippen LogP) is 3.97. The van der Waals surface area contributed by atoms with Crippen LogP contribution in [0.1, 0.15) is 26.5 Å². The summed E-state index contributed by atoms with van der Waals surface area (Å²) in [6.07, 6.45) is 1.51. The Balaban J connectivity index is 1.79. The number of para-hydroxylation sites is 1. The van der Waals surface area contributed by atoms with Crippen LogP contribution >= 0.6 is 22.6 Å². The molecule has 8 nitrogen and oxygen atoms in total. The standard InChI is InChI=1S/C19H14IN3O5/c20-16-8-7-12(23(26)27)10-15(16)19(25)22-17-6-2-1-5-14(17)18(24)21-11-13-4-3-9-28-13/h1-10H,11H2,(H,21,24)(H,22,25). The Morgan fingerprint density at radius 1 is 1.04 bits per heavy atom. The number of nitro benzene ring substituents is 1. The first-order chi connectivity index (χ1) is 13.5. The fourth-order valence-corrected chi connectivity index (χ4v) is 3.04. The molecule has 9 heteroatoms. The van der Waals surface area contributed by atoms with E-state index in [9.17, 15) is 19.7 Å². The number of amides is 2. The van der Waals surface area contributed by atoms with E-state index >= 15 is 0 Å². The number of carbonyl (C=O) groups is 2. The number of nitrogens with one attached hydrogen (secondary N) is 2. The molecule has 3 aromatic rings. The highest BCUT2D eigenvalue weighted by atomic mass is 127. The van der Waals surface area contributed by atoms with Crippen molar-refractivity contribution in [2.75, 3.05) is 5.32 Å². The zero-order valence-electron chi connectivity index (χ0n) is 14.3. The molecule has 0 saturated carbocycles. The van der Waals surface area contributed by atoms with E-state index in [-0.39, 0.29) is 29.3 Å². The molecule has 0 aliphatic rings. The van der Waals surface area contributed by atoms with E-state index in [1.165, 1.54) is 24.5 Å². The molecule has 0 unspecified atom stereocenters. The van der Waals surface area contributed by atoms with Crippen molar-refractivity contribution in [1.29, 1.82) is 0 Å². The van der Waals surface area contributed by atoms with Crippen LogP contribution in [-0.2, 0) is 6.54 Å². The smallest absolute Gasteiger partial charge is 0.270 e. The highest BCUT2D eigenvalue weighted by Crippen LogP contribution is 2.22. The number of carbonyl (C=O) groups excluding carboxylic acids is 2. The van der Waals surface area contributed by atoms with Crippen molar-refractivity contribution in [3.8, 4) is 0 Å². The molecule has 2 aromatic carbocycles. The van der Waals surface area contributed by atoms with Crippen molar-refractivity contribution in [3.63, 3.8) is 0 Å². The highest BCUT2D eigenvalue weighted by Gasteiger charge is 2.18. The molecule has 0 fully saturated rings. The minimum absolute atomic E-state index is 0.153. The number of hydrogen-bond donors (Lipinski definition) is 2. The molecule has 1 heterocycles. The summed E-state index contributed by atoms with van der Waals surface area (Å²) in [6.45, 7) is 0.205. The Bertz CT molecular complexity index is 1030. The summed E-state index contributed by atoms with van der Waals surface area (Å²) >= 11 is 1.93. The van der Waals surface area contributed by atoms with Gasteiger partial charge >= 0.3 is 0 Å². The maximum Gasteiger partial charge on any atom is 0.270 e. The Kier molecular flexibility index (Phi) is 6.04. The van der Waals surface area contributed by atoms with Gasteiger partial charge in [-0.25, -0.2) is 0 Å². The topological polar surface area (TPSA) is 114 Å². The second-order valence-electron chi connectivity index (χ2n) is 5.68. The van der Waals surface area contributed by atoms with Crippen molar-refractivity contribution in [2.45, 2.75) is 6.54 Å². The third kappa shape index (κ3) is 4.55. The number of non-ortho nitro benzene ring substituents is 1. The molecule has 2 amide bonds. The Morgan fingerprint density at radius 2 is 1.82 bits per heavy atom. The molecule has 0 atom stereocenters. The van der Waals surface area contributed by atoms with Crippen LogP contribution in [0.3, 0.4) is 0 Å².